The van der Waals surface area contributed by atoms with Crippen LogP contribution in [0.2, 0.25) is 0 Å². The van der Waals surface area contributed by atoms with Gasteiger partial charge in [0, 0.05) is 0 Å². The summed E-state index contributed by atoms with van der Waals surface area (Å²) in [6.45, 7) is 1.77. The van der Waals surface area contributed by atoms with Gasteiger partial charge in [0.2, 0.25) is 0 Å². The van der Waals surface area contributed by atoms with Gasteiger partial charge in [0.25, 0.3) is 0 Å². The molecule has 106 valence electrons. The van der Waals surface area contributed by atoms with Gasteiger partial charge in [0.1, 0.15) is 24.1 Å². The normalized spacial score (nSPS) is 30.6. The fraction of sp³-hybridized carbons (Fsp3) is 0.417. The minimum Gasteiger partial charge on any atom is -0.387 e. The minimum atomic E-state index is -1.58. The van der Waals surface area contributed by atoms with Crippen molar-refractivity contribution < 1.29 is 14.2 Å². The van der Waals surface area contributed by atoms with Gasteiger partial charge < -0.3 is 15.6 Å². The van der Waals surface area contributed by atoms with Crippen molar-refractivity contribution in [2.45, 2.75) is 31.5 Å². The molecule has 0 saturated carbocycles. The van der Waals surface area contributed by atoms with Crippen LogP contribution in [-0.2, 0) is 4.74 Å². The number of aromatic nitrogens is 4. The standard InChI is InChI=1S/C12H14FN5O2/c1-2-3-6-9(19)7(13)12(20-6)18-5-17-8-10(14)15-4-16-11(8)18/h2-7,9,12,19H,1H3,(H2,14,15,16)/b3-2+/t6-,7+,9-,12-/m1/s1. The fourth-order valence-electron chi connectivity index (χ4n) is 2.29. The van der Waals surface area contributed by atoms with Gasteiger partial charge >= 0.3 is 0 Å². The number of ether oxygens (including phenoxy) is 1. The van der Waals surface area contributed by atoms with Gasteiger partial charge in [-0.15, -0.1) is 0 Å². The van der Waals surface area contributed by atoms with E-state index in [1.54, 1.807) is 19.1 Å². The molecule has 1 saturated heterocycles. The molecule has 0 unspecified atom stereocenters. The summed E-state index contributed by atoms with van der Waals surface area (Å²) in [7, 11) is 0. The van der Waals surface area contributed by atoms with Crippen molar-refractivity contribution in [1.82, 2.24) is 19.5 Å². The molecule has 8 heteroatoms. The van der Waals surface area contributed by atoms with E-state index < -0.39 is 24.6 Å². The first-order valence-electron chi connectivity index (χ1n) is 6.17. The van der Waals surface area contributed by atoms with Crippen LogP contribution in [0.3, 0.4) is 0 Å². The SMILES string of the molecule is C/C=C/[C@H]1O[C@@H](n2cnc3c(N)ncnc32)[C@@H](F)[C@@H]1O. The fourth-order valence-corrected chi connectivity index (χ4v) is 2.29. The predicted molar refractivity (Wildman–Crippen MR) is 69.4 cm³/mol. The largest absolute Gasteiger partial charge is 0.387 e. The first-order valence-corrected chi connectivity index (χ1v) is 6.17. The van der Waals surface area contributed by atoms with E-state index in [0.29, 0.717) is 11.2 Å². The Kier molecular flexibility index (Phi) is 3.11. The summed E-state index contributed by atoms with van der Waals surface area (Å²) in [4.78, 5) is 11.9. The highest BCUT2D eigenvalue weighted by molar-refractivity contribution is 5.81. The quantitative estimate of drug-likeness (QED) is 0.780. The molecule has 1 aliphatic rings. The molecule has 0 bridgehead atoms. The molecular formula is C12H14FN5O2. The Labute approximate surface area is 113 Å². The van der Waals surface area contributed by atoms with Gasteiger partial charge in [0.15, 0.2) is 23.9 Å². The van der Waals surface area contributed by atoms with E-state index >= 15 is 0 Å². The third-order valence-corrected chi connectivity index (χ3v) is 3.28. The number of nitrogen functional groups attached to an aromatic ring is 1. The Morgan fingerprint density at radius 3 is 3.00 bits per heavy atom. The number of nitrogens with two attached hydrogens (primary N) is 1. The Morgan fingerprint density at radius 2 is 2.25 bits per heavy atom. The van der Waals surface area contributed by atoms with E-state index in [1.165, 1.54) is 17.2 Å². The van der Waals surface area contributed by atoms with E-state index in [9.17, 15) is 9.50 Å². The van der Waals surface area contributed by atoms with Crippen molar-refractivity contribution in [2.75, 3.05) is 5.73 Å². The van der Waals surface area contributed by atoms with Crippen LogP contribution in [0.25, 0.3) is 11.2 Å². The van der Waals surface area contributed by atoms with Crippen LogP contribution in [0.15, 0.2) is 24.8 Å². The number of fused-ring (bicyclic) bond motifs is 1. The molecule has 0 radical (unpaired) electrons. The molecule has 3 N–H and O–H groups in total. The number of hydrogen-bond donors (Lipinski definition) is 2. The van der Waals surface area contributed by atoms with Crippen molar-refractivity contribution >= 4 is 17.0 Å². The lowest BCUT2D eigenvalue weighted by Gasteiger charge is -2.14. The van der Waals surface area contributed by atoms with Crippen molar-refractivity contribution in [3.8, 4) is 0 Å². The number of nitrogens with zero attached hydrogens (tertiary/aromatic N) is 4. The van der Waals surface area contributed by atoms with Crippen molar-refractivity contribution in [3.63, 3.8) is 0 Å². The molecule has 0 aliphatic carbocycles. The zero-order valence-electron chi connectivity index (χ0n) is 10.7. The van der Waals surface area contributed by atoms with E-state index in [4.69, 9.17) is 10.5 Å². The average Bonchev–Trinajstić information content (AvgIpc) is 2.97. The van der Waals surface area contributed by atoms with Crippen LogP contribution in [-0.4, -0.2) is 43.0 Å². The van der Waals surface area contributed by atoms with Crippen molar-refractivity contribution in [3.05, 3.63) is 24.8 Å². The summed E-state index contributed by atoms with van der Waals surface area (Å²) in [5, 5.41) is 9.84. The first-order chi connectivity index (χ1) is 9.63. The maximum absolute atomic E-state index is 14.2. The zero-order chi connectivity index (χ0) is 14.3. The number of aliphatic hydroxyl groups excluding tert-OH is 1. The number of allylic oxidation sites excluding steroid dienone is 1. The molecule has 1 fully saturated rings. The Balaban J connectivity index is 2.02. The summed E-state index contributed by atoms with van der Waals surface area (Å²) in [5.74, 6) is 0.215. The lowest BCUT2D eigenvalue weighted by atomic mass is 10.1. The molecule has 20 heavy (non-hydrogen) atoms. The maximum Gasteiger partial charge on any atom is 0.174 e. The lowest BCUT2D eigenvalue weighted by Crippen LogP contribution is -2.27. The van der Waals surface area contributed by atoms with E-state index in [0.717, 1.165) is 0 Å². The molecule has 4 atom stereocenters. The maximum atomic E-state index is 14.2. The third-order valence-electron chi connectivity index (χ3n) is 3.28. The third kappa shape index (κ3) is 1.84. The van der Waals surface area contributed by atoms with E-state index in [1.807, 2.05) is 0 Å². The van der Waals surface area contributed by atoms with Crippen LogP contribution in [0.1, 0.15) is 13.2 Å². The number of aliphatic hydroxyl groups is 1. The molecular weight excluding hydrogens is 265 g/mol. The second-order valence-electron chi connectivity index (χ2n) is 4.54. The molecule has 3 heterocycles. The van der Waals surface area contributed by atoms with Crippen LogP contribution in [0, 0.1) is 0 Å². The number of halogens is 1. The highest BCUT2D eigenvalue weighted by Gasteiger charge is 2.44. The van der Waals surface area contributed by atoms with Gasteiger partial charge in [-0.2, -0.15) is 0 Å². The highest BCUT2D eigenvalue weighted by Crippen LogP contribution is 2.34. The highest BCUT2D eigenvalue weighted by atomic mass is 19.1. The van der Waals surface area contributed by atoms with Gasteiger partial charge in [0.05, 0.1) is 6.33 Å². The van der Waals surface area contributed by atoms with Crippen LogP contribution in [0.4, 0.5) is 10.2 Å². The van der Waals surface area contributed by atoms with Crippen LogP contribution < -0.4 is 5.73 Å². The summed E-state index contributed by atoms with van der Waals surface area (Å²) in [6.07, 6.45) is 1.48. The summed E-state index contributed by atoms with van der Waals surface area (Å²) in [6, 6.07) is 0. The van der Waals surface area contributed by atoms with Crippen LogP contribution >= 0.6 is 0 Å². The zero-order valence-corrected chi connectivity index (χ0v) is 10.7. The molecule has 2 aromatic rings. The number of alkyl halides is 1. The summed E-state index contributed by atoms with van der Waals surface area (Å²) >= 11 is 0. The Morgan fingerprint density at radius 1 is 1.45 bits per heavy atom. The second kappa shape index (κ2) is 4.80. The van der Waals surface area contributed by atoms with E-state index in [-0.39, 0.29) is 5.82 Å². The number of hydrogen-bond acceptors (Lipinski definition) is 6. The number of anilines is 1. The molecule has 7 nitrogen and oxygen atoms in total. The Hall–Kier alpha value is -2.06. The Bertz CT molecular complexity index is 658. The smallest absolute Gasteiger partial charge is 0.174 e. The van der Waals surface area contributed by atoms with Gasteiger partial charge in [-0.05, 0) is 6.92 Å². The lowest BCUT2D eigenvalue weighted by molar-refractivity contribution is -0.00174. The monoisotopic (exact) mass is 279 g/mol. The number of rotatable bonds is 2. The first kappa shape index (κ1) is 12.9. The van der Waals surface area contributed by atoms with Crippen LogP contribution in [0.5, 0.6) is 0 Å². The molecule has 0 amide bonds. The van der Waals surface area contributed by atoms with Crippen molar-refractivity contribution in [1.29, 1.82) is 0 Å². The van der Waals surface area contributed by atoms with Gasteiger partial charge in [-0.3, -0.25) is 4.57 Å². The average molecular weight is 279 g/mol. The second-order valence-corrected chi connectivity index (χ2v) is 4.54. The van der Waals surface area contributed by atoms with E-state index in [2.05, 4.69) is 15.0 Å². The van der Waals surface area contributed by atoms with Crippen molar-refractivity contribution in [2.24, 2.45) is 0 Å². The molecule has 1 aliphatic heterocycles. The molecule has 3 rings (SSSR count). The van der Waals surface area contributed by atoms with Gasteiger partial charge in [-0.1, -0.05) is 12.2 Å². The molecule has 2 aromatic heterocycles. The minimum absolute atomic E-state index is 0.215. The van der Waals surface area contributed by atoms with Gasteiger partial charge in [-0.25, -0.2) is 19.3 Å². The summed E-state index contributed by atoms with van der Waals surface area (Å²) < 4.78 is 21.2. The molecule has 0 spiro atoms. The molecule has 0 aromatic carbocycles. The predicted octanol–water partition coefficient (Wildman–Crippen LogP) is 0.581. The number of imidazole rings is 1. The topological polar surface area (TPSA) is 99.1 Å². The summed E-state index contributed by atoms with van der Waals surface area (Å²) in [5.41, 5.74) is 6.44.